The predicted molar refractivity (Wildman–Crippen MR) is 79.0 cm³/mol. The van der Waals surface area contributed by atoms with Gasteiger partial charge in [0.2, 0.25) is 0 Å². The molecule has 0 aliphatic heterocycles. The van der Waals surface area contributed by atoms with E-state index in [1.165, 1.54) is 12.1 Å². The second-order valence-corrected chi connectivity index (χ2v) is 5.92. The lowest BCUT2D eigenvalue weighted by Crippen LogP contribution is -2.02. The molecule has 0 spiro atoms. The third-order valence-corrected chi connectivity index (χ3v) is 3.53. The van der Waals surface area contributed by atoms with E-state index >= 15 is 0 Å². The van der Waals surface area contributed by atoms with Crippen LogP contribution in [0.3, 0.4) is 0 Å². The minimum absolute atomic E-state index is 0.251. The zero-order valence-corrected chi connectivity index (χ0v) is 13.2. The van der Waals surface area contributed by atoms with Gasteiger partial charge in [-0.2, -0.15) is 0 Å². The van der Waals surface area contributed by atoms with Gasteiger partial charge in [-0.15, -0.1) is 0 Å². The van der Waals surface area contributed by atoms with Gasteiger partial charge in [0, 0.05) is 21.3 Å². The lowest BCUT2D eigenvalue weighted by atomic mass is 10.0. The molecule has 0 bridgehead atoms. The van der Waals surface area contributed by atoms with Crippen LogP contribution < -0.4 is 0 Å². The number of hydrogen-bond donors (Lipinski definition) is 0. The highest BCUT2D eigenvalue weighted by molar-refractivity contribution is 9.10. The Morgan fingerprint density at radius 2 is 1.89 bits per heavy atom. The van der Waals surface area contributed by atoms with E-state index in [1.807, 2.05) is 20.8 Å². The van der Waals surface area contributed by atoms with E-state index in [9.17, 15) is 4.39 Å². The molecule has 0 saturated heterocycles. The predicted octanol–water partition coefficient (Wildman–Crippen LogP) is 5.13. The van der Waals surface area contributed by atoms with Crippen LogP contribution >= 0.6 is 27.5 Å². The van der Waals surface area contributed by atoms with Gasteiger partial charge in [0.1, 0.15) is 11.0 Å². The summed E-state index contributed by atoms with van der Waals surface area (Å²) in [6, 6.07) is 4.55. The van der Waals surface area contributed by atoms with Crippen molar-refractivity contribution < 1.29 is 4.39 Å². The summed E-state index contributed by atoms with van der Waals surface area (Å²) >= 11 is 9.46. The van der Waals surface area contributed by atoms with Crippen molar-refractivity contribution in [3.05, 3.63) is 44.9 Å². The van der Waals surface area contributed by atoms with E-state index in [0.717, 1.165) is 11.3 Å². The minimum atomic E-state index is -0.338. The largest absolute Gasteiger partial charge is 0.233 e. The molecule has 100 valence electrons. The first kappa shape index (κ1) is 14.4. The minimum Gasteiger partial charge on any atom is -0.233 e. The number of hydrogen-bond acceptors (Lipinski definition) is 2. The molecule has 1 aromatic carbocycles. The zero-order chi connectivity index (χ0) is 14.2. The van der Waals surface area contributed by atoms with Gasteiger partial charge >= 0.3 is 0 Å². The average molecular weight is 344 g/mol. The molecule has 0 aliphatic rings. The Morgan fingerprint density at radius 3 is 2.42 bits per heavy atom. The topological polar surface area (TPSA) is 25.8 Å². The van der Waals surface area contributed by atoms with Crippen LogP contribution in [0.1, 0.15) is 31.0 Å². The van der Waals surface area contributed by atoms with Crippen molar-refractivity contribution in [2.75, 3.05) is 0 Å². The Balaban J connectivity index is 2.58. The van der Waals surface area contributed by atoms with E-state index in [0.29, 0.717) is 21.0 Å². The van der Waals surface area contributed by atoms with Gasteiger partial charge in [-0.1, -0.05) is 41.4 Å². The summed E-state index contributed by atoms with van der Waals surface area (Å²) in [6.45, 7) is 5.97. The molecule has 0 saturated carbocycles. The summed E-state index contributed by atoms with van der Waals surface area (Å²) in [5.74, 6) is 0.350. The van der Waals surface area contributed by atoms with Crippen molar-refractivity contribution in [2.45, 2.75) is 26.7 Å². The molecule has 0 radical (unpaired) electrons. The highest BCUT2D eigenvalue weighted by Crippen LogP contribution is 2.29. The van der Waals surface area contributed by atoms with Gasteiger partial charge in [0.25, 0.3) is 0 Å². The van der Waals surface area contributed by atoms with Gasteiger partial charge in [0.15, 0.2) is 5.82 Å². The van der Waals surface area contributed by atoms with Crippen LogP contribution in [0.4, 0.5) is 4.39 Å². The Hall–Kier alpha value is -1.00. The molecule has 0 aliphatic carbocycles. The summed E-state index contributed by atoms with van der Waals surface area (Å²) in [5, 5.41) is 0.429. The second-order valence-electron chi connectivity index (χ2n) is 4.65. The first-order valence-electron chi connectivity index (χ1n) is 5.89. The fourth-order valence-corrected chi connectivity index (χ4v) is 2.91. The van der Waals surface area contributed by atoms with Crippen molar-refractivity contribution in [3.63, 3.8) is 0 Å². The average Bonchev–Trinajstić information content (AvgIpc) is 2.25. The Labute approximate surface area is 125 Å². The number of halogens is 3. The van der Waals surface area contributed by atoms with Crippen LogP contribution in [0, 0.1) is 12.7 Å². The van der Waals surface area contributed by atoms with Gasteiger partial charge in [-0.05, 0) is 31.0 Å². The molecule has 0 fully saturated rings. The summed E-state index contributed by atoms with van der Waals surface area (Å²) in [4.78, 5) is 8.70. The smallest absolute Gasteiger partial charge is 0.161 e. The first-order chi connectivity index (χ1) is 8.88. The summed E-state index contributed by atoms with van der Waals surface area (Å²) in [6.07, 6.45) is 0. The fraction of sp³-hybridized carbons (Fsp3) is 0.286. The highest BCUT2D eigenvalue weighted by Gasteiger charge is 2.14. The number of aryl methyl sites for hydroxylation is 1. The molecular weight excluding hydrogens is 331 g/mol. The Bertz CT molecular complexity index is 586. The second kappa shape index (κ2) is 5.55. The Kier molecular flexibility index (Phi) is 4.21. The summed E-state index contributed by atoms with van der Waals surface area (Å²) < 4.78 is 14.0. The van der Waals surface area contributed by atoms with Gasteiger partial charge in [0.05, 0.1) is 0 Å². The zero-order valence-electron chi connectivity index (χ0n) is 10.8. The standard InChI is InChI=1S/C14H13BrClFN2/c1-7(2)12-8(3)18-14(19-13(12)16)9-4-10(15)6-11(17)5-9/h4-7H,1-3H3. The maximum Gasteiger partial charge on any atom is 0.161 e. The SMILES string of the molecule is Cc1nc(-c2cc(F)cc(Br)c2)nc(Cl)c1C(C)C. The van der Waals surface area contributed by atoms with Crippen molar-refractivity contribution in [1.29, 1.82) is 0 Å². The molecule has 2 rings (SSSR count). The van der Waals surface area contributed by atoms with E-state index in [1.54, 1.807) is 6.07 Å². The van der Waals surface area contributed by atoms with Crippen LogP contribution in [0.15, 0.2) is 22.7 Å². The molecule has 5 heteroatoms. The number of benzene rings is 1. The number of nitrogens with zero attached hydrogens (tertiary/aromatic N) is 2. The maximum absolute atomic E-state index is 13.4. The molecule has 2 nitrogen and oxygen atoms in total. The molecule has 1 heterocycles. The summed E-state index contributed by atoms with van der Waals surface area (Å²) in [7, 11) is 0. The molecule has 1 aromatic heterocycles. The fourth-order valence-electron chi connectivity index (χ4n) is 2.01. The van der Waals surface area contributed by atoms with E-state index in [2.05, 4.69) is 25.9 Å². The van der Waals surface area contributed by atoms with E-state index < -0.39 is 0 Å². The number of rotatable bonds is 2. The quantitative estimate of drug-likeness (QED) is 0.706. The molecule has 0 atom stereocenters. The van der Waals surface area contributed by atoms with Gasteiger partial charge < -0.3 is 0 Å². The maximum atomic E-state index is 13.4. The Morgan fingerprint density at radius 1 is 1.21 bits per heavy atom. The number of aromatic nitrogens is 2. The molecule has 2 aromatic rings. The molecule has 0 unspecified atom stereocenters. The van der Waals surface area contributed by atoms with Crippen molar-refractivity contribution in [2.24, 2.45) is 0 Å². The molecule has 0 N–H and O–H groups in total. The molecule has 0 amide bonds. The molecular formula is C14H13BrClFN2. The van der Waals surface area contributed by atoms with E-state index in [-0.39, 0.29) is 11.7 Å². The monoisotopic (exact) mass is 342 g/mol. The lowest BCUT2D eigenvalue weighted by Gasteiger charge is -2.12. The first-order valence-corrected chi connectivity index (χ1v) is 7.06. The van der Waals surface area contributed by atoms with Crippen molar-refractivity contribution in [3.8, 4) is 11.4 Å². The van der Waals surface area contributed by atoms with Crippen LogP contribution in [-0.4, -0.2) is 9.97 Å². The van der Waals surface area contributed by atoms with Crippen LogP contribution in [0.2, 0.25) is 5.15 Å². The van der Waals surface area contributed by atoms with Crippen molar-refractivity contribution >= 4 is 27.5 Å². The third kappa shape index (κ3) is 3.12. The van der Waals surface area contributed by atoms with Gasteiger partial charge in [-0.3, -0.25) is 0 Å². The molecule has 19 heavy (non-hydrogen) atoms. The van der Waals surface area contributed by atoms with Crippen LogP contribution in [0.25, 0.3) is 11.4 Å². The normalized spacial score (nSPS) is 11.1. The summed E-state index contributed by atoms with van der Waals surface area (Å²) in [5.41, 5.74) is 2.36. The van der Waals surface area contributed by atoms with Gasteiger partial charge in [-0.25, -0.2) is 14.4 Å². The highest BCUT2D eigenvalue weighted by atomic mass is 79.9. The van der Waals surface area contributed by atoms with Crippen molar-refractivity contribution in [1.82, 2.24) is 9.97 Å². The lowest BCUT2D eigenvalue weighted by molar-refractivity contribution is 0.627. The third-order valence-electron chi connectivity index (χ3n) is 2.79. The van der Waals surface area contributed by atoms with E-state index in [4.69, 9.17) is 11.6 Å². The van der Waals surface area contributed by atoms with Crippen LogP contribution in [-0.2, 0) is 0 Å². The van der Waals surface area contributed by atoms with Crippen LogP contribution in [0.5, 0.6) is 0 Å².